The molecule has 3 aromatic carbocycles. The van der Waals surface area contributed by atoms with E-state index >= 15 is 0 Å². The second-order valence-electron chi connectivity index (χ2n) is 6.96. The number of carboxylic acids is 1. The van der Waals surface area contributed by atoms with Crippen molar-refractivity contribution in [3.8, 4) is 0 Å². The number of nitrogens with zero attached hydrogens (tertiary/aromatic N) is 1. The molecule has 4 nitrogen and oxygen atoms in total. The maximum atomic E-state index is 13.4. The van der Waals surface area contributed by atoms with Gasteiger partial charge < -0.3 is 10.0 Å². The Morgan fingerprint density at radius 2 is 1.48 bits per heavy atom. The number of amides is 1. The number of carbonyl (C=O) groups is 2. The molecular formula is C23H17Cl2NO3. The third-order valence-electron chi connectivity index (χ3n) is 5.18. The molecule has 0 aromatic heterocycles. The van der Waals surface area contributed by atoms with E-state index in [1.54, 1.807) is 65.6 Å². The van der Waals surface area contributed by atoms with Crippen LogP contribution < -0.4 is 0 Å². The fourth-order valence-corrected chi connectivity index (χ4v) is 4.10. The number of hydrogen-bond donors (Lipinski definition) is 1. The van der Waals surface area contributed by atoms with Gasteiger partial charge in [-0.05, 0) is 47.0 Å². The molecule has 0 radical (unpaired) electrons. The highest BCUT2D eigenvalue weighted by molar-refractivity contribution is 6.30. The predicted molar refractivity (Wildman–Crippen MR) is 112 cm³/mol. The minimum atomic E-state index is -0.981. The van der Waals surface area contributed by atoms with Gasteiger partial charge in [0.15, 0.2) is 0 Å². The Morgan fingerprint density at radius 3 is 2.10 bits per heavy atom. The Bertz CT molecular complexity index is 1060. The summed E-state index contributed by atoms with van der Waals surface area (Å²) >= 11 is 12.0. The molecule has 4 rings (SSSR count). The summed E-state index contributed by atoms with van der Waals surface area (Å²) in [5.74, 6) is -2.07. The third-order valence-corrected chi connectivity index (χ3v) is 5.69. The van der Waals surface area contributed by atoms with E-state index in [-0.39, 0.29) is 12.5 Å². The molecule has 0 spiro atoms. The van der Waals surface area contributed by atoms with Crippen LogP contribution in [0.2, 0.25) is 10.0 Å². The monoisotopic (exact) mass is 425 g/mol. The summed E-state index contributed by atoms with van der Waals surface area (Å²) in [6.45, 7) is 0.265. The minimum Gasteiger partial charge on any atom is -0.481 e. The van der Waals surface area contributed by atoms with Gasteiger partial charge in [-0.15, -0.1) is 0 Å². The lowest BCUT2D eigenvalue weighted by Crippen LogP contribution is -2.44. The van der Waals surface area contributed by atoms with Crippen LogP contribution >= 0.6 is 23.2 Å². The molecule has 0 saturated heterocycles. The number of fused-ring (bicyclic) bond motifs is 1. The molecule has 0 saturated carbocycles. The first-order valence-corrected chi connectivity index (χ1v) is 9.84. The fourth-order valence-electron chi connectivity index (χ4n) is 3.85. The van der Waals surface area contributed by atoms with Crippen LogP contribution in [0.15, 0.2) is 72.8 Å². The summed E-state index contributed by atoms with van der Waals surface area (Å²) in [5, 5.41) is 11.2. The van der Waals surface area contributed by atoms with Gasteiger partial charge in [0.05, 0.1) is 6.04 Å². The molecule has 1 aliphatic rings. The summed E-state index contributed by atoms with van der Waals surface area (Å²) in [6, 6.07) is 20.4. The second-order valence-corrected chi connectivity index (χ2v) is 7.83. The largest absolute Gasteiger partial charge is 0.481 e. The molecule has 0 fully saturated rings. The molecule has 1 heterocycles. The number of rotatable bonds is 4. The zero-order chi connectivity index (χ0) is 20.5. The Kier molecular flexibility index (Phi) is 5.31. The number of hydrogen-bond acceptors (Lipinski definition) is 2. The Balaban J connectivity index is 1.87. The minimum absolute atomic E-state index is 0.201. The molecule has 1 N–H and O–H groups in total. The molecule has 1 amide bonds. The SMILES string of the molecule is O=C(O)C1c2ccccc2C(=O)N(Cc2ccc(Cl)cc2)[C@@H]1c1ccc(Cl)cc1. The van der Waals surface area contributed by atoms with Crippen LogP contribution in [0.25, 0.3) is 0 Å². The lowest BCUT2D eigenvalue weighted by Gasteiger charge is -2.41. The van der Waals surface area contributed by atoms with E-state index in [4.69, 9.17) is 23.2 Å². The zero-order valence-electron chi connectivity index (χ0n) is 15.3. The molecule has 1 unspecified atom stereocenters. The van der Waals surface area contributed by atoms with Crippen LogP contribution in [0.4, 0.5) is 0 Å². The van der Waals surface area contributed by atoms with Crippen molar-refractivity contribution in [2.75, 3.05) is 0 Å². The summed E-state index contributed by atoms with van der Waals surface area (Å²) < 4.78 is 0. The Hall–Kier alpha value is -2.82. The summed E-state index contributed by atoms with van der Waals surface area (Å²) in [5.41, 5.74) is 2.53. The van der Waals surface area contributed by atoms with Crippen LogP contribution in [0, 0.1) is 0 Å². The number of benzene rings is 3. The van der Waals surface area contributed by atoms with E-state index in [2.05, 4.69) is 0 Å². The van der Waals surface area contributed by atoms with E-state index in [0.717, 1.165) is 11.1 Å². The summed E-state index contributed by atoms with van der Waals surface area (Å²) in [6.07, 6.45) is 0. The molecule has 2 atom stereocenters. The number of carbonyl (C=O) groups excluding carboxylic acids is 1. The summed E-state index contributed by atoms with van der Waals surface area (Å²) in [7, 11) is 0. The van der Waals surface area contributed by atoms with E-state index in [1.807, 2.05) is 12.1 Å². The lowest BCUT2D eigenvalue weighted by molar-refractivity contribution is -0.140. The third kappa shape index (κ3) is 3.74. The number of halogens is 2. The summed E-state index contributed by atoms with van der Waals surface area (Å²) in [4.78, 5) is 27.3. The van der Waals surface area contributed by atoms with Crippen molar-refractivity contribution in [1.29, 1.82) is 0 Å². The molecule has 146 valence electrons. The van der Waals surface area contributed by atoms with Crippen LogP contribution in [-0.4, -0.2) is 21.9 Å². The van der Waals surface area contributed by atoms with Gasteiger partial charge in [-0.25, -0.2) is 0 Å². The normalized spacial score (nSPS) is 18.4. The van der Waals surface area contributed by atoms with E-state index in [9.17, 15) is 14.7 Å². The Labute approximate surface area is 178 Å². The van der Waals surface area contributed by atoms with Gasteiger partial charge in [0.25, 0.3) is 5.91 Å². The van der Waals surface area contributed by atoms with Crippen molar-refractivity contribution >= 4 is 35.1 Å². The topological polar surface area (TPSA) is 57.6 Å². The highest BCUT2D eigenvalue weighted by Crippen LogP contribution is 2.43. The van der Waals surface area contributed by atoms with E-state index < -0.39 is 17.9 Å². The predicted octanol–water partition coefficient (Wildman–Crippen LogP) is 5.56. The standard InChI is InChI=1S/C23H17Cl2NO3/c24-16-9-5-14(6-10-16)13-26-21(15-7-11-17(25)12-8-15)20(23(28)29)18-3-1-2-4-19(18)22(26)27/h1-12,20-21H,13H2,(H,28,29)/t20?,21-/m1/s1. The first-order chi connectivity index (χ1) is 14.0. The van der Waals surface area contributed by atoms with Crippen molar-refractivity contribution < 1.29 is 14.7 Å². The molecule has 3 aromatic rings. The van der Waals surface area contributed by atoms with Gasteiger partial charge >= 0.3 is 5.97 Å². The highest BCUT2D eigenvalue weighted by atomic mass is 35.5. The smallest absolute Gasteiger partial charge is 0.313 e. The molecule has 0 bridgehead atoms. The van der Waals surface area contributed by atoms with Crippen molar-refractivity contribution in [3.63, 3.8) is 0 Å². The lowest BCUT2D eigenvalue weighted by atomic mass is 9.79. The maximum absolute atomic E-state index is 13.4. The first kappa shape index (κ1) is 19.5. The van der Waals surface area contributed by atoms with Gasteiger partial charge in [0.1, 0.15) is 5.92 Å². The molecule has 29 heavy (non-hydrogen) atoms. The molecule has 1 aliphatic heterocycles. The van der Waals surface area contributed by atoms with Crippen LogP contribution in [0.1, 0.15) is 39.0 Å². The van der Waals surface area contributed by atoms with Crippen molar-refractivity contribution in [2.24, 2.45) is 0 Å². The van der Waals surface area contributed by atoms with Gasteiger partial charge in [-0.1, -0.05) is 65.7 Å². The average molecular weight is 426 g/mol. The highest BCUT2D eigenvalue weighted by Gasteiger charge is 2.44. The number of aliphatic carboxylic acids is 1. The van der Waals surface area contributed by atoms with Gasteiger partial charge in [0.2, 0.25) is 0 Å². The van der Waals surface area contributed by atoms with Crippen molar-refractivity contribution in [2.45, 2.75) is 18.5 Å². The van der Waals surface area contributed by atoms with Crippen LogP contribution in [0.3, 0.4) is 0 Å². The molecule has 6 heteroatoms. The zero-order valence-corrected chi connectivity index (χ0v) is 16.8. The Morgan fingerprint density at radius 1 is 0.897 bits per heavy atom. The average Bonchev–Trinajstić information content (AvgIpc) is 2.72. The quantitative estimate of drug-likeness (QED) is 0.595. The molecular weight excluding hydrogens is 409 g/mol. The van der Waals surface area contributed by atoms with Crippen LogP contribution in [-0.2, 0) is 11.3 Å². The maximum Gasteiger partial charge on any atom is 0.313 e. The van der Waals surface area contributed by atoms with Crippen molar-refractivity contribution in [1.82, 2.24) is 4.90 Å². The van der Waals surface area contributed by atoms with E-state index in [0.29, 0.717) is 21.2 Å². The fraction of sp³-hybridized carbons (Fsp3) is 0.130. The second kappa shape index (κ2) is 7.90. The van der Waals surface area contributed by atoms with Crippen LogP contribution in [0.5, 0.6) is 0 Å². The number of carboxylic acid groups (broad SMARTS) is 1. The first-order valence-electron chi connectivity index (χ1n) is 9.08. The molecule has 0 aliphatic carbocycles. The van der Waals surface area contributed by atoms with Gasteiger partial charge in [-0.2, -0.15) is 0 Å². The van der Waals surface area contributed by atoms with E-state index in [1.165, 1.54) is 0 Å². The van der Waals surface area contributed by atoms with Gasteiger partial charge in [0, 0.05) is 22.2 Å². The van der Waals surface area contributed by atoms with Crippen molar-refractivity contribution in [3.05, 3.63) is 105 Å². The van der Waals surface area contributed by atoms with Gasteiger partial charge in [-0.3, -0.25) is 9.59 Å².